The van der Waals surface area contributed by atoms with Gasteiger partial charge in [-0.3, -0.25) is 4.79 Å². The molecule has 0 spiro atoms. The van der Waals surface area contributed by atoms with E-state index in [1.807, 2.05) is 11.8 Å². The summed E-state index contributed by atoms with van der Waals surface area (Å²) in [6.07, 6.45) is 0. The summed E-state index contributed by atoms with van der Waals surface area (Å²) in [5.41, 5.74) is 0. The smallest absolute Gasteiger partial charge is 0.249 e. The zero-order valence-electron chi connectivity index (χ0n) is 9.25. The minimum Gasteiger partial charge on any atom is -0.372 e. The van der Waals surface area contributed by atoms with Gasteiger partial charge in [-0.1, -0.05) is 0 Å². The first kappa shape index (κ1) is 11.5. The molecule has 0 aromatic carbocycles. The highest BCUT2D eigenvalue weighted by Crippen LogP contribution is 2.09. The first-order valence-electron chi connectivity index (χ1n) is 5.26. The van der Waals surface area contributed by atoms with Crippen molar-refractivity contribution in [3.8, 4) is 0 Å². The molecule has 0 aliphatic carbocycles. The molecule has 0 aromatic rings. The summed E-state index contributed by atoms with van der Waals surface area (Å²) >= 11 is 0. The van der Waals surface area contributed by atoms with E-state index >= 15 is 0 Å². The van der Waals surface area contributed by atoms with Crippen LogP contribution in [0.1, 0.15) is 20.8 Å². The van der Waals surface area contributed by atoms with E-state index in [1.54, 1.807) is 0 Å². The molecule has 1 aliphatic heterocycles. The molecule has 0 radical (unpaired) electrons. The third-order valence-electron chi connectivity index (χ3n) is 2.55. The number of nitrogens with zero attached hydrogens (tertiary/aromatic N) is 1. The van der Waals surface area contributed by atoms with Crippen molar-refractivity contribution in [2.75, 3.05) is 26.3 Å². The van der Waals surface area contributed by atoms with Crippen molar-refractivity contribution in [2.45, 2.75) is 32.9 Å². The fourth-order valence-electron chi connectivity index (χ4n) is 1.89. The molecular formula is C10H20N2O2. The molecular weight excluding hydrogens is 180 g/mol. The number of nitrogens with one attached hydrogen (secondary N) is 1. The molecule has 14 heavy (non-hydrogen) atoms. The number of carbonyl (C=O) groups is 1. The van der Waals surface area contributed by atoms with E-state index in [2.05, 4.69) is 19.2 Å². The maximum atomic E-state index is 11.8. The van der Waals surface area contributed by atoms with Crippen molar-refractivity contribution < 1.29 is 9.53 Å². The van der Waals surface area contributed by atoms with E-state index in [4.69, 9.17) is 4.74 Å². The fourth-order valence-corrected chi connectivity index (χ4v) is 1.89. The van der Waals surface area contributed by atoms with Crippen molar-refractivity contribution in [3.63, 3.8) is 0 Å². The Labute approximate surface area is 85.6 Å². The minimum absolute atomic E-state index is 0.105. The normalized spacial score (nSPS) is 27.8. The number of hydrogen-bond acceptors (Lipinski definition) is 3. The number of hydrogen-bond donors (Lipinski definition) is 1. The third-order valence-corrected chi connectivity index (χ3v) is 2.55. The fraction of sp³-hybridized carbons (Fsp3) is 0.900. The Morgan fingerprint density at radius 3 is 2.50 bits per heavy atom. The van der Waals surface area contributed by atoms with E-state index in [0.29, 0.717) is 6.61 Å². The minimum atomic E-state index is 0.105. The van der Waals surface area contributed by atoms with Crippen LogP contribution >= 0.6 is 0 Å². The van der Waals surface area contributed by atoms with E-state index in [1.165, 1.54) is 0 Å². The van der Waals surface area contributed by atoms with Gasteiger partial charge in [0.15, 0.2) is 0 Å². The van der Waals surface area contributed by atoms with Gasteiger partial charge in [-0.25, -0.2) is 0 Å². The number of amides is 1. The van der Waals surface area contributed by atoms with Gasteiger partial charge in [0.05, 0.1) is 0 Å². The van der Waals surface area contributed by atoms with Crippen LogP contribution in [0.4, 0.5) is 0 Å². The van der Waals surface area contributed by atoms with Crippen LogP contribution in [-0.4, -0.2) is 49.2 Å². The van der Waals surface area contributed by atoms with Crippen molar-refractivity contribution in [1.82, 2.24) is 10.2 Å². The van der Waals surface area contributed by atoms with Crippen molar-refractivity contribution in [3.05, 3.63) is 0 Å². The van der Waals surface area contributed by atoms with Crippen molar-refractivity contribution in [2.24, 2.45) is 0 Å². The first-order valence-corrected chi connectivity index (χ1v) is 5.26. The van der Waals surface area contributed by atoms with Crippen LogP contribution in [0.2, 0.25) is 0 Å². The Hall–Kier alpha value is -0.610. The molecule has 2 unspecified atom stereocenters. The predicted octanol–water partition coefficient (Wildman–Crippen LogP) is 0.232. The van der Waals surface area contributed by atoms with Gasteiger partial charge in [0.1, 0.15) is 6.61 Å². The second-order valence-electron chi connectivity index (χ2n) is 3.79. The lowest BCUT2D eigenvalue weighted by Crippen LogP contribution is -2.58. The molecule has 0 bridgehead atoms. The molecule has 1 saturated heterocycles. The van der Waals surface area contributed by atoms with E-state index in [-0.39, 0.29) is 24.6 Å². The summed E-state index contributed by atoms with van der Waals surface area (Å²) in [7, 11) is 0. The topological polar surface area (TPSA) is 41.6 Å². The highest BCUT2D eigenvalue weighted by Gasteiger charge is 2.28. The summed E-state index contributed by atoms with van der Waals surface area (Å²) in [6, 6.07) is 0.540. The molecule has 2 atom stereocenters. The number of ether oxygens (including phenoxy) is 1. The van der Waals surface area contributed by atoms with Gasteiger partial charge in [0.2, 0.25) is 5.91 Å². The van der Waals surface area contributed by atoms with Crippen molar-refractivity contribution in [1.29, 1.82) is 0 Å². The lowest BCUT2D eigenvalue weighted by atomic mass is 10.1. The summed E-state index contributed by atoms with van der Waals surface area (Å²) in [6.45, 7) is 8.59. The molecule has 1 fully saturated rings. The molecule has 1 N–H and O–H groups in total. The van der Waals surface area contributed by atoms with Gasteiger partial charge in [0, 0.05) is 31.8 Å². The SMILES string of the molecule is CCOCC(=O)N1C(C)CNCC1C. The Balaban J connectivity index is 2.49. The molecule has 1 amide bonds. The van der Waals surface area contributed by atoms with Crippen LogP contribution in [-0.2, 0) is 9.53 Å². The Bertz CT molecular complexity index is 187. The second kappa shape index (κ2) is 5.32. The summed E-state index contributed by atoms with van der Waals surface area (Å²) in [4.78, 5) is 13.7. The number of rotatable bonds is 3. The quantitative estimate of drug-likeness (QED) is 0.709. The molecule has 1 heterocycles. The number of carbonyl (C=O) groups excluding carboxylic acids is 1. The van der Waals surface area contributed by atoms with Crippen LogP contribution in [0.25, 0.3) is 0 Å². The maximum absolute atomic E-state index is 11.8. The monoisotopic (exact) mass is 200 g/mol. The predicted molar refractivity (Wildman–Crippen MR) is 55.1 cm³/mol. The zero-order valence-corrected chi connectivity index (χ0v) is 9.25. The van der Waals surface area contributed by atoms with Gasteiger partial charge in [-0.2, -0.15) is 0 Å². The highest BCUT2D eigenvalue weighted by atomic mass is 16.5. The molecule has 4 nitrogen and oxygen atoms in total. The highest BCUT2D eigenvalue weighted by molar-refractivity contribution is 5.78. The summed E-state index contributed by atoms with van der Waals surface area (Å²) in [5, 5.41) is 3.29. The van der Waals surface area contributed by atoms with Crippen LogP contribution < -0.4 is 5.32 Å². The lowest BCUT2D eigenvalue weighted by molar-refractivity contribution is -0.141. The average molecular weight is 200 g/mol. The van der Waals surface area contributed by atoms with Crippen LogP contribution in [0.15, 0.2) is 0 Å². The van der Waals surface area contributed by atoms with Crippen LogP contribution in [0.5, 0.6) is 0 Å². The molecule has 0 aromatic heterocycles. The van der Waals surface area contributed by atoms with Crippen LogP contribution in [0.3, 0.4) is 0 Å². The standard InChI is InChI=1S/C10H20N2O2/c1-4-14-7-10(13)12-8(2)5-11-6-9(12)3/h8-9,11H,4-7H2,1-3H3. The third kappa shape index (κ3) is 2.69. The molecule has 82 valence electrons. The molecule has 1 rings (SSSR count). The number of piperazine rings is 1. The van der Waals surface area contributed by atoms with Gasteiger partial charge >= 0.3 is 0 Å². The zero-order chi connectivity index (χ0) is 10.6. The van der Waals surface area contributed by atoms with Gasteiger partial charge < -0.3 is 15.0 Å². The lowest BCUT2D eigenvalue weighted by Gasteiger charge is -2.39. The van der Waals surface area contributed by atoms with E-state index in [9.17, 15) is 4.79 Å². The summed E-state index contributed by atoms with van der Waals surface area (Å²) in [5.74, 6) is 0.105. The summed E-state index contributed by atoms with van der Waals surface area (Å²) < 4.78 is 5.13. The Morgan fingerprint density at radius 1 is 1.43 bits per heavy atom. The largest absolute Gasteiger partial charge is 0.372 e. The van der Waals surface area contributed by atoms with Gasteiger partial charge in [0.25, 0.3) is 0 Å². The van der Waals surface area contributed by atoms with Gasteiger partial charge in [-0.15, -0.1) is 0 Å². The molecule has 1 aliphatic rings. The van der Waals surface area contributed by atoms with Crippen molar-refractivity contribution >= 4 is 5.91 Å². The Kier molecular flexibility index (Phi) is 4.35. The second-order valence-corrected chi connectivity index (χ2v) is 3.79. The van der Waals surface area contributed by atoms with E-state index < -0.39 is 0 Å². The Morgan fingerprint density at radius 2 is 2.00 bits per heavy atom. The maximum Gasteiger partial charge on any atom is 0.249 e. The molecule has 4 heteroatoms. The average Bonchev–Trinajstić information content (AvgIpc) is 2.14. The van der Waals surface area contributed by atoms with Crippen LogP contribution in [0, 0.1) is 0 Å². The van der Waals surface area contributed by atoms with Gasteiger partial charge in [-0.05, 0) is 20.8 Å². The molecule has 0 saturated carbocycles. The van der Waals surface area contributed by atoms with E-state index in [0.717, 1.165) is 13.1 Å². The first-order chi connectivity index (χ1) is 6.66.